The zero-order valence-corrected chi connectivity index (χ0v) is 12.6. The second-order valence-corrected chi connectivity index (χ2v) is 5.91. The Labute approximate surface area is 121 Å². The minimum atomic E-state index is -0.351. The molecular formula is C13H18N4O2S. The molecule has 0 aliphatic rings. The van der Waals surface area contributed by atoms with E-state index in [1.165, 1.54) is 4.88 Å². The molecule has 0 atom stereocenters. The fraction of sp³-hybridized carbons (Fsp3) is 0.462. The lowest BCUT2D eigenvalue weighted by Crippen LogP contribution is -2.09. The van der Waals surface area contributed by atoms with Crippen LogP contribution < -0.4 is 5.32 Å². The van der Waals surface area contributed by atoms with E-state index in [-0.39, 0.29) is 16.5 Å². The Kier molecular flexibility index (Phi) is 4.39. The molecule has 0 bridgehead atoms. The topological polar surface area (TPSA) is 73.0 Å². The number of hydrogen-bond donors (Lipinski definition) is 1. The highest BCUT2D eigenvalue weighted by atomic mass is 32.1. The molecule has 2 rings (SSSR count). The van der Waals surface area contributed by atoms with E-state index in [9.17, 15) is 10.1 Å². The van der Waals surface area contributed by atoms with Gasteiger partial charge in [-0.3, -0.25) is 10.1 Å². The van der Waals surface area contributed by atoms with Crippen LogP contribution in [0.2, 0.25) is 0 Å². The quantitative estimate of drug-likeness (QED) is 0.656. The fourth-order valence-corrected chi connectivity index (χ4v) is 2.77. The monoisotopic (exact) mass is 294 g/mol. The first-order valence-electron chi connectivity index (χ1n) is 6.48. The minimum absolute atomic E-state index is 0.0226. The molecule has 20 heavy (non-hydrogen) atoms. The van der Waals surface area contributed by atoms with Crippen molar-refractivity contribution in [2.75, 3.05) is 11.9 Å². The Morgan fingerprint density at radius 1 is 1.55 bits per heavy atom. The van der Waals surface area contributed by atoms with Crippen LogP contribution in [0.3, 0.4) is 0 Å². The molecule has 0 fully saturated rings. The van der Waals surface area contributed by atoms with Crippen LogP contribution in [0.1, 0.15) is 30.3 Å². The molecule has 0 saturated carbocycles. The van der Waals surface area contributed by atoms with Crippen molar-refractivity contribution in [2.24, 2.45) is 7.05 Å². The number of rotatable bonds is 6. The van der Waals surface area contributed by atoms with Crippen LogP contribution in [0, 0.1) is 10.1 Å². The first kappa shape index (κ1) is 14.5. The average Bonchev–Trinajstić information content (AvgIpc) is 2.98. The number of anilines is 1. The summed E-state index contributed by atoms with van der Waals surface area (Å²) in [6.07, 6.45) is 0.844. The van der Waals surface area contributed by atoms with E-state index in [4.69, 9.17) is 0 Å². The molecule has 0 aliphatic heterocycles. The van der Waals surface area contributed by atoms with Gasteiger partial charge in [-0.15, -0.1) is 11.3 Å². The van der Waals surface area contributed by atoms with Gasteiger partial charge in [-0.25, -0.2) is 4.68 Å². The average molecular weight is 294 g/mol. The van der Waals surface area contributed by atoms with E-state index in [2.05, 4.69) is 16.5 Å². The van der Waals surface area contributed by atoms with E-state index >= 15 is 0 Å². The second kappa shape index (κ2) is 6.04. The van der Waals surface area contributed by atoms with Crippen LogP contribution in [0.5, 0.6) is 0 Å². The SMILES string of the molecule is CC(C)c1nn(C)c(NCCc2cccs2)c1[N+](=O)[O-]. The zero-order chi connectivity index (χ0) is 14.7. The highest BCUT2D eigenvalue weighted by Gasteiger charge is 2.28. The van der Waals surface area contributed by atoms with Crippen molar-refractivity contribution in [3.05, 3.63) is 38.2 Å². The van der Waals surface area contributed by atoms with E-state index in [0.29, 0.717) is 18.1 Å². The molecule has 2 aromatic heterocycles. The summed E-state index contributed by atoms with van der Waals surface area (Å²) in [5.41, 5.74) is 0.616. The molecule has 0 amide bonds. The lowest BCUT2D eigenvalue weighted by Gasteiger charge is -2.05. The summed E-state index contributed by atoms with van der Waals surface area (Å²) >= 11 is 1.69. The molecule has 0 radical (unpaired) electrons. The van der Waals surface area contributed by atoms with Gasteiger partial charge in [0.2, 0.25) is 5.82 Å². The molecular weight excluding hydrogens is 276 g/mol. The van der Waals surface area contributed by atoms with Crippen LogP contribution in [0.15, 0.2) is 17.5 Å². The molecule has 6 nitrogen and oxygen atoms in total. The third-order valence-corrected chi connectivity index (χ3v) is 3.96. The largest absolute Gasteiger partial charge is 0.364 e. The number of thiophene rings is 1. The van der Waals surface area contributed by atoms with Gasteiger partial charge < -0.3 is 5.32 Å². The number of nitrogens with one attached hydrogen (secondary N) is 1. The molecule has 108 valence electrons. The van der Waals surface area contributed by atoms with Gasteiger partial charge in [-0.2, -0.15) is 5.10 Å². The second-order valence-electron chi connectivity index (χ2n) is 4.87. The predicted molar refractivity (Wildman–Crippen MR) is 80.5 cm³/mol. The lowest BCUT2D eigenvalue weighted by atomic mass is 10.1. The van der Waals surface area contributed by atoms with Crippen LogP contribution in [-0.4, -0.2) is 21.2 Å². The van der Waals surface area contributed by atoms with Crippen molar-refractivity contribution < 1.29 is 4.92 Å². The maximum absolute atomic E-state index is 11.3. The fourth-order valence-electron chi connectivity index (χ4n) is 2.06. The highest BCUT2D eigenvalue weighted by Crippen LogP contribution is 2.32. The normalized spacial score (nSPS) is 11.0. The molecule has 2 heterocycles. The molecule has 0 spiro atoms. The Balaban J connectivity index is 2.16. The van der Waals surface area contributed by atoms with Crippen LogP contribution in [0.25, 0.3) is 0 Å². The van der Waals surface area contributed by atoms with Gasteiger partial charge in [0.05, 0.1) is 4.92 Å². The number of nitrogens with zero attached hydrogens (tertiary/aromatic N) is 3. The number of nitro groups is 1. The van der Waals surface area contributed by atoms with E-state index in [0.717, 1.165) is 6.42 Å². The van der Waals surface area contributed by atoms with Crippen molar-refractivity contribution in [3.63, 3.8) is 0 Å². The summed E-state index contributed by atoms with van der Waals surface area (Å²) in [5.74, 6) is 0.504. The van der Waals surface area contributed by atoms with Gasteiger partial charge >= 0.3 is 5.69 Å². The number of aryl methyl sites for hydroxylation is 1. The summed E-state index contributed by atoms with van der Waals surface area (Å²) in [6.45, 7) is 4.47. The van der Waals surface area contributed by atoms with E-state index in [1.54, 1.807) is 23.1 Å². The summed E-state index contributed by atoms with van der Waals surface area (Å²) in [4.78, 5) is 12.2. The van der Waals surface area contributed by atoms with Crippen LogP contribution in [0.4, 0.5) is 11.5 Å². The molecule has 0 aliphatic carbocycles. The Hall–Kier alpha value is -1.89. The first-order chi connectivity index (χ1) is 9.50. The van der Waals surface area contributed by atoms with Crippen LogP contribution in [-0.2, 0) is 13.5 Å². The Bertz CT molecular complexity index is 590. The van der Waals surface area contributed by atoms with Gasteiger partial charge in [0.1, 0.15) is 5.69 Å². The summed E-state index contributed by atoms with van der Waals surface area (Å²) in [5, 5.41) is 20.7. The van der Waals surface area contributed by atoms with Crippen molar-refractivity contribution >= 4 is 22.8 Å². The smallest absolute Gasteiger partial charge is 0.334 e. The maximum atomic E-state index is 11.3. The Morgan fingerprint density at radius 3 is 2.85 bits per heavy atom. The minimum Gasteiger partial charge on any atom is -0.364 e. The number of aromatic nitrogens is 2. The molecule has 2 aromatic rings. The van der Waals surface area contributed by atoms with E-state index < -0.39 is 0 Å². The third-order valence-electron chi connectivity index (χ3n) is 3.02. The van der Waals surface area contributed by atoms with Crippen molar-refractivity contribution in [1.82, 2.24) is 9.78 Å². The molecule has 0 aromatic carbocycles. The Morgan fingerprint density at radius 2 is 2.30 bits per heavy atom. The number of hydrogen-bond acceptors (Lipinski definition) is 5. The standard InChI is InChI=1S/C13H18N4O2S/c1-9(2)11-12(17(18)19)13(16(3)15-11)14-7-6-10-5-4-8-20-10/h4-5,8-9,14H,6-7H2,1-3H3. The predicted octanol–water partition coefficient (Wildman–Crippen LogP) is 3.17. The molecule has 0 saturated heterocycles. The summed E-state index contributed by atoms with van der Waals surface area (Å²) < 4.78 is 1.56. The zero-order valence-electron chi connectivity index (χ0n) is 11.8. The lowest BCUT2D eigenvalue weighted by molar-refractivity contribution is -0.384. The molecule has 1 N–H and O–H groups in total. The highest BCUT2D eigenvalue weighted by molar-refractivity contribution is 7.09. The molecule has 7 heteroatoms. The summed E-state index contributed by atoms with van der Waals surface area (Å²) in [6, 6.07) is 4.06. The van der Waals surface area contributed by atoms with Crippen molar-refractivity contribution in [1.29, 1.82) is 0 Å². The van der Waals surface area contributed by atoms with Crippen molar-refractivity contribution in [3.8, 4) is 0 Å². The van der Waals surface area contributed by atoms with Gasteiger partial charge in [-0.05, 0) is 17.9 Å². The maximum Gasteiger partial charge on any atom is 0.334 e. The van der Waals surface area contributed by atoms with Gasteiger partial charge in [0.25, 0.3) is 0 Å². The van der Waals surface area contributed by atoms with Gasteiger partial charge in [0.15, 0.2) is 0 Å². The van der Waals surface area contributed by atoms with Crippen molar-refractivity contribution in [2.45, 2.75) is 26.2 Å². The molecule has 0 unspecified atom stereocenters. The van der Waals surface area contributed by atoms with Crippen LogP contribution >= 0.6 is 11.3 Å². The first-order valence-corrected chi connectivity index (χ1v) is 7.36. The van der Waals surface area contributed by atoms with E-state index in [1.807, 2.05) is 25.3 Å². The third kappa shape index (κ3) is 2.98. The van der Waals surface area contributed by atoms with Gasteiger partial charge in [0, 0.05) is 24.4 Å². The summed E-state index contributed by atoms with van der Waals surface area (Å²) in [7, 11) is 1.73. The van der Waals surface area contributed by atoms with Gasteiger partial charge in [-0.1, -0.05) is 19.9 Å².